The van der Waals surface area contributed by atoms with Gasteiger partial charge in [-0.3, -0.25) is 9.78 Å². The van der Waals surface area contributed by atoms with Crippen molar-refractivity contribution < 1.29 is 13.2 Å². The predicted molar refractivity (Wildman–Crippen MR) is 94.5 cm³/mol. The summed E-state index contributed by atoms with van der Waals surface area (Å²) >= 11 is 0. The number of sulfonamides is 1. The van der Waals surface area contributed by atoms with Crippen LogP contribution >= 0.6 is 0 Å². The van der Waals surface area contributed by atoms with Crippen LogP contribution in [0.25, 0.3) is 0 Å². The first-order valence-corrected chi connectivity index (χ1v) is 9.48. The van der Waals surface area contributed by atoms with Gasteiger partial charge in [-0.05, 0) is 24.3 Å². The summed E-state index contributed by atoms with van der Waals surface area (Å²) in [6.45, 7) is 1.53. The number of para-hydroxylation sites is 1. The molecule has 0 spiro atoms. The van der Waals surface area contributed by atoms with Crippen LogP contribution in [0.3, 0.4) is 0 Å². The molecule has 1 saturated heterocycles. The zero-order chi connectivity index (χ0) is 17.7. The Bertz CT molecular complexity index is 804. The molecule has 1 amide bonds. The van der Waals surface area contributed by atoms with Gasteiger partial charge in [0.25, 0.3) is 0 Å². The molecule has 2 aromatic rings. The molecule has 0 atom stereocenters. The highest BCUT2D eigenvalue weighted by Gasteiger charge is 2.30. The van der Waals surface area contributed by atoms with Crippen LogP contribution in [0.1, 0.15) is 0 Å². The van der Waals surface area contributed by atoms with Gasteiger partial charge in [-0.1, -0.05) is 18.2 Å². The largest absolute Gasteiger partial charge is 0.376 e. The summed E-state index contributed by atoms with van der Waals surface area (Å²) in [5, 5.41) is 3.08. The van der Waals surface area contributed by atoms with Gasteiger partial charge in [-0.2, -0.15) is 4.31 Å². The lowest BCUT2D eigenvalue weighted by molar-refractivity contribution is -0.130. The lowest BCUT2D eigenvalue weighted by atomic mass is 10.3. The second kappa shape index (κ2) is 7.62. The number of carbonyl (C=O) groups is 1. The highest BCUT2D eigenvalue weighted by molar-refractivity contribution is 7.89. The summed E-state index contributed by atoms with van der Waals surface area (Å²) in [6.07, 6.45) is 2.88. The zero-order valence-corrected chi connectivity index (χ0v) is 14.5. The zero-order valence-electron chi connectivity index (χ0n) is 13.7. The van der Waals surface area contributed by atoms with Gasteiger partial charge in [-0.15, -0.1) is 0 Å². The van der Waals surface area contributed by atoms with Crippen LogP contribution in [0, 0.1) is 0 Å². The maximum atomic E-state index is 12.5. The van der Waals surface area contributed by atoms with Crippen LogP contribution in [0.2, 0.25) is 0 Å². The van der Waals surface area contributed by atoms with E-state index in [2.05, 4.69) is 10.3 Å². The molecular weight excluding hydrogens is 340 g/mol. The molecule has 132 valence electrons. The summed E-state index contributed by atoms with van der Waals surface area (Å²) in [5.41, 5.74) is 0.883. The van der Waals surface area contributed by atoms with Crippen molar-refractivity contribution in [1.29, 1.82) is 0 Å². The summed E-state index contributed by atoms with van der Waals surface area (Å²) < 4.78 is 26.5. The minimum Gasteiger partial charge on any atom is -0.376 e. The standard InChI is InChI=1S/C17H20N4O3S/c22-17(14-19-15-5-2-1-3-6-15)20-9-11-21(12-10-20)25(23,24)16-7-4-8-18-13-16/h1-8,13,19H,9-12,14H2. The first-order chi connectivity index (χ1) is 12.1. The topological polar surface area (TPSA) is 82.6 Å². The molecule has 0 saturated carbocycles. The minimum absolute atomic E-state index is 0.0396. The van der Waals surface area contributed by atoms with Crippen LogP contribution in [-0.2, 0) is 14.8 Å². The molecule has 1 aromatic heterocycles. The molecule has 1 fully saturated rings. The number of pyridine rings is 1. The molecular formula is C17H20N4O3S. The highest BCUT2D eigenvalue weighted by atomic mass is 32.2. The summed E-state index contributed by atoms with van der Waals surface area (Å²) in [7, 11) is -3.55. The van der Waals surface area contributed by atoms with Crippen molar-refractivity contribution >= 4 is 21.6 Å². The van der Waals surface area contributed by atoms with Gasteiger partial charge in [0.15, 0.2) is 0 Å². The van der Waals surface area contributed by atoms with Gasteiger partial charge in [0.1, 0.15) is 4.90 Å². The van der Waals surface area contributed by atoms with Gasteiger partial charge < -0.3 is 10.2 Å². The monoisotopic (exact) mass is 360 g/mol. The average Bonchev–Trinajstić information content (AvgIpc) is 2.68. The molecule has 1 aromatic carbocycles. The first-order valence-electron chi connectivity index (χ1n) is 8.04. The van der Waals surface area contributed by atoms with Gasteiger partial charge in [0.05, 0.1) is 6.54 Å². The molecule has 0 bridgehead atoms. The number of aromatic nitrogens is 1. The Morgan fingerprint density at radius 1 is 1.04 bits per heavy atom. The Kier molecular flexibility index (Phi) is 5.30. The Labute approximate surface area is 147 Å². The van der Waals surface area contributed by atoms with E-state index in [9.17, 15) is 13.2 Å². The summed E-state index contributed by atoms with van der Waals surface area (Å²) in [6, 6.07) is 12.6. The number of nitrogens with one attached hydrogen (secondary N) is 1. The Morgan fingerprint density at radius 2 is 1.76 bits per heavy atom. The molecule has 3 rings (SSSR count). The van der Waals surface area contributed by atoms with Crippen LogP contribution in [-0.4, -0.2) is 61.2 Å². The third kappa shape index (κ3) is 4.15. The molecule has 0 aliphatic carbocycles. The van der Waals surface area contributed by atoms with E-state index in [0.717, 1.165) is 5.69 Å². The fraction of sp³-hybridized carbons (Fsp3) is 0.294. The van der Waals surface area contributed by atoms with Crippen molar-refractivity contribution in [2.75, 3.05) is 38.0 Å². The van der Waals surface area contributed by atoms with E-state index >= 15 is 0 Å². The maximum absolute atomic E-state index is 12.5. The second-order valence-electron chi connectivity index (χ2n) is 5.69. The van der Waals surface area contributed by atoms with Crippen LogP contribution in [0.4, 0.5) is 5.69 Å². The number of piperazine rings is 1. The summed E-state index contributed by atoms with van der Waals surface area (Å²) in [4.78, 5) is 18.0. The average molecular weight is 360 g/mol. The molecule has 25 heavy (non-hydrogen) atoms. The number of benzene rings is 1. The number of hydrogen-bond donors (Lipinski definition) is 1. The van der Waals surface area contributed by atoms with E-state index in [0.29, 0.717) is 13.1 Å². The number of hydrogen-bond acceptors (Lipinski definition) is 5. The second-order valence-corrected chi connectivity index (χ2v) is 7.63. The van der Waals surface area contributed by atoms with E-state index < -0.39 is 10.0 Å². The fourth-order valence-corrected chi connectivity index (χ4v) is 4.06. The normalized spacial score (nSPS) is 15.8. The predicted octanol–water partition coefficient (Wildman–Crippen LogP) is 1.03. The quantitative estimate of drug-likeness (QED) is 0.861. The number of amides is 1. The van der Waals surface area contributed by atoms with E-state index in [1.807, 2.05) is 30.3 Å². The van der Waals surface area contributed by atoms with E-state index in [1.165, 1.54) is 22.8 Å². The Balaban J connectivity index is 1.54. The van der Waals surface area contributed by atoms with Crippen molar-refractivity contribution in [1.82, 2.24) is 14.2 Å². The molecule has 1 N–H and O–H groups in total. The van der Waals surface area contributed by atoms with Gasteiger partial charge >= 0.3 is 0 Å². The van der Waals surface area contributed by atoms with Crippen molar-refractivity contribution in [3.63, 3.8) is 0 Å². The fourth-order valence-electron chi connectivity index (χ4n) is 2.67. The molecule has 7 nitrogen and oxygen atoms in total. The van der Waals surface area contributed by atoms with E-state index in [-0.39, 0.29) is 30.4 Å². The SMILES string of the molecule is O=C(CNc1ccccc1)N1CCN(S(=O)(=O)c2cccnc2)CC1. The van der Waals surface area contributed by atoms with Crippen molar-refractivity contribution in [3.8, 4) is 0 Å². The first kappa shape index (κ1) is 17.4. The maximum Gasteiger partial charge on any atom is 0.244 e. The van der Waals surface area contributed by atoms with E-state index in [1.54, 1.807) is 11.0 Å². The minimum atomic E-state index is -3.55. The number of carbonyl (C=O) groups excluding carboxylic acids is 1. The third-order valence-electron chi connectivity index (χ3n) is 4.08. The van der Waals surface area contributed by atoms with Crippen LogP contribution < -0.4 is 5.32 Å². The highest BCUT2D eigenvalue weighted by Crippen LogP contribution is 2.16. The van der Waals surface area contributed by atoms with Gasteiger partial charge in [0.2, 0.25) is 15.9 Å². The third-order valence-corrected chi connectivity index (χ3v) is 5.96. The van der Waals surface area contributed by atoms with Crippen molar-refractivity contribution in [2.24, 2.45) is 0 Å². The number of nitrogens with zero attached hydrogens (tertiary/aromatic N) is 3. The van der Waals surface area contributed by atoms with Gasteiger partial charge in [-0.25, -0.2) is 8.42 Å². The lowest BCUT2D eigenvalue weighted by Gasteiger charge is -2.34. The lowest BCUT2D eigenvalue weighted by Crippen LogP contribution is -2.51. The molecule has 0 unspecified atom stereocenters. The Morgan fingerprint density at radius 3 is 2.40 bits per heavy atom. The number of rotatable bonds is 5. The van der Waals surface area contributed by atoms with Gasteiger partial charge in [0, 0.05) is 44.3 Å². The van der Waals surface area contributed by atoms with Crippen molar-refractivity contribution in [2.45, 2.75) is 4.90 Å². The molecule has 1 aliphatic heterocycles. The van der Waals surface area contributed by atoms with Crippen LogP contribution in [0.5, 0.6) is 0 Å². The number of anilines is 1. The summed E-state index contributed by atoms with van der Waals surface area (Å²) in [5.74, 6) is -0.0396. The molecule has 2 heterocycles. The van der Waals surface area contributed by atoms with Crippen LogP contribution in [0.15, 0.2) is 59.8 Å². The smallest absolute Gasteiger partial charge is 0.244 e. The van der Waals surface area contributed by atoms with Crippen molar-refractivity contribution in [3.05, 3.63) is 54.9 Å². The Hall–Kier alpha value is -2.45. The van der Waals surface area contributed by atoms with E-state index in [4.69, 9.17) is 0 Å². The molecule has 8 heteroatoms. The molecule has 0 radical (unpaired) electrons. The molecule has 1 aliphatic rings.